The molecule has 1 unspecified atom stereocenters. The van der Waals surface area contributed by atoms with Crippen LogP contribution in [0.3, 0.4) is 0 Å². The number of ether oxygens (including phenoxy) is 3. The summed E-state index contributed by atoms with van der Waals surface area (Å²) >= 11 is 0. The van der Waals surface area contributed by atoms with Crippen molar-refractivity contribution < 1.29 is 24.1 Å². The molecule has 7 nitrogen and oxygen atoms in total. The van der Waals surface area contributed by atoms with E-state index in [1.54, 1.807) is 12.1 Å². The van der Waals surface area contributed by atoms with E-state index in [0.29, 0.717) is 29.5 Å². The zero-order valence-corrected chi connectivity index (χ0v) is 12.5. The van der Waals surface area contributed by atoms with E-state index in [-0.39, 0.29) is 25.3 Å². The molecule has 1 saturated heterocycles. The highest BCUT2D eigenvalue weighted by molar-refractivity contribution is 5.94. The van der Waals surface area contributed by atoms with E-state index in [4.69, 9.17) is 14.2 Å². The Balaban J connectivity index is 1.66. The number of likely N-dealkylation sites (tertiary alicyclic amines) is 1. The number of nitrogens with one attached hydrogen (secondary N) is 1. The summed E-state index contributed by atoms with van der Waals surface area (Å²) in [5, 5.41) is 12.5. The number of rotatable bonds is 4. The van der Waals surface area contributed by atoms with E-state index in [9.17, 15) is 9.90 Å². The lowest BCUT2D eigenvalue weighted by Crippen LogP contribution is -2.42. The standard InChI is InChI=1S/C15H20N2O5/c1-20-12-6-14-13(21-9-22-14)5-11(12)16-15(19)8-17-4-2-3-10(18)7-17/h5-6,10,18H,2-4,7-9H2,1H3,(H,16,19). The van der Waals surface area contributed by atoms with Crippen LogP contribution in [0.2, 0.25) is 0 Å². The molecule has 22 heavy (non-hydrogen) atoms. The van der Waals surface area contributed by atoms with Gasteiger partial charge in [0.1, 0.15) is 5.75 Å². The number of benzene rings is 1. The van der Waals surface area contributed by atoms with Gasteiger partial charge in [-0.1, -0.05) is 0 Å². The molecule has 0 spiro atoms. The van der Waals surface area contributed by atoms with Gasteiger partial charge in [-0.3, -0.25) is 9.69 Å². The SMILES string of the molecule is COc1cc2c(cc1NC(=O)CN1CCCC(O)C1)OCO2. The number of aliphatic hydroxyl groups excluding tert-OH is 1. The molecule has 120 valence electrons. The first-order chi connectivity index (χ1) is 10.7. The number of nitrogens with zero attached hydrogens (tertiary/aromatic N) is 1. The van der Waals surface area contributed by atoms with Gasteiger partial charge in [-0.15, -0.1) is 0 Å². The molecule has 0 saturated carbocycles. The molecule has 2 aliphatic rings. The van der Waals surface area contributed by atoms with E-state index in [1.165, 1.54) is 7.11 Å². The summed E-state index contributed by atoms with van der Waals surface area (Å²) in [6.07, 6.45) is 1.36. The van der Waals surface area contributed by atoms with Crippen LogP contribution < -0.4 is 19.5 Å². The molecule has 7 heteroatoms. The molecule has 2 heterocycles. The van der Waals surface area contributed by atoms with E-state index < -0.39 is 0 Å². The highest BCUT2D eigenvalue weighted by Gasteiger charge is 2.22. The average Bonchev–Trinajstić information content (AvgIpc) is 2.93. The summed E-state index contributed by atoms with van der Waals surface area (Å²) in [6.45, 7) is 1.77. The molecule has 1 aromatic carbocycles. The molecular weight excluding hydrogens is 288 g/mol. The molecule has 1 fully saturated rings. The maximum atomic E-state index is 12.2. The number of amides is 1. The van der Waals surface area contributed by atoms with Gasteiger partial charge in [0.15, 0.2) is 11.5 Å². The van der Waals surface area contributed by atoms with Gasteiger partial charge < -0.3 is 24.6 Å². The van der Waals surface area contributed by atoms with Gasteiger partial charge in [0.2, 0.25) is 12.7 Å². The van der Waals surface area contributed by atoms with Gasteiger partial charge in [0.05, 0.1) is 25.4 Å². The van der Waals surface area contributed by atoms with Gasteiger partial charge in [-0.05, 0) is 19.4 Å². The quantitative estimate of drug-likeness (QED) is 0.857. The minimum atomic E-state index is -0.346. The zero-order valence-electron chi connectivity index (χ0n) is 12.5. The van der Waals surface area contributed by atoms with Crippen molar-refractivity contribution in [1.29, 1.82) is 0 Å². The number of hydrogen-bond acceptors (Lipinski definition) is 6. The van der Waals surface area contributed by atoms with Crippen LogP contribution in [0.25, 0.3) is 0 Å². The summed E-state index contributed by atoms with van der Waals surface area (Å²) < 4.78 is 15.9. The molecule has 2 N–H and O–H groups in total. The number of hydrogen-bond donors (Lipinski definition) is 2. The van der Waals surface area contributed by atoms with Gasteiger partial charge in [-0.2, -0.15) is 0 Å². The Bertz CT molecular complexity index is 563. The fraction of sp³-hybridized carbons (Fsp3) is 0.533. The minimum Gasteiger partial charge on any atom is -0.494 e. The van der Waals surface area contributed by atoms with Gasteiger partial charge in [0.25, 0.3) is 0 Å². The van der Waals surface area contributed by atoms with Crippen molar-refractivity contribution in [2.75, 3.05) is 38.9 Å². The molecule has 0 aliphatic carbocycles. The first-order valence-corrected chi connectivity index (χ1v) is 7.33. The van der Waals surface area contributed by atoms with Crippen LogP contribution in [0.15, 0.2) is 12.1 Å². The monoisotopic (exact) mass is 308 g/mol. The Labute approximate surface area is 128 Å². The predicted molar refractivity (Wildman–Crippen MR) is 79.4 cm³/mol. The third-order valence-corrected chi connectivity index (χ3v) is 3.82. The minimum absolute atomic E-state index is 0.147. The summed E-state index contributed by atoms with van der Waals surface area (Å²) in [7, 11) is 1.54. The van der Waals surface area contributed by atoms with Crippen LogP contribution in [-0.4, -0.2) is 55.6 Å². The Kier molecular flexibility index (Phi) is 4.35. The molecule has 0 radical (unpaired) electrons. The van der Waals surface area contributed by atoms with E-state index in [1.807, 2.05) is 4.90 Å². The maximum Gasteiger partial charge on any atom is 0.238 e. The van der Waals surface area contributed by atoms with E-state index >= 15 is 0 Å². The fourth-order valence-corrected chi connectivity index (χ4v) is 2.76. The fourth-order valence-electron chi connectivity index (χ4n) is 2.76. The van der Waals surface area contributed by atoms with Crippen molar-refractivity contribution in [3.05, 3.63) is 12.1 Å². The van der Waals surface area contributed by atoms with Crippen molar-refractivity contribution in [2.24, 2.45) is 0 Å². The molecule has 0 aromatic heterocycles. The van der Waals surface area contributed by atoms with Crippen molar-refractivity contribution in [3.8, 4) is 17.2 Å². The van der Waals surface area contributed by atoms with Gasteiger partial charge in [-0.25, -0.2) is 0 Å². The first-order valence-electron chi connectivity index (χ1n) is 7.33. The highest BCUT2D eigenvalue weighted by Crippen LogP contribution is 2.40. The zero-order chi connectivity index (χ0) is 15.5. The summed E-state index contributed by atoms with van der Waals surface area (Å²) in [4.78, 5) is 14.1. The lowest BCUT2D eigenvalue weighted by Gasteiger charge is -2.29. The Morgan fingerprint density at radius 3 is 2.95 bits per heavy atom. The van der Waals surface area contributed by atoms with Crippen molar-refractivity contribution in [3.63, 3.8) is 0 Å². The topological polar surface area (TPSA) is 80.3 Å². The second-order valence-electron chi connectivity index (χ2n) is 5.49. The normalized spacial score (nSPS) is 20.7. The molecular formula is C15H20N2O5. The largest absolute Gasteiger partial charge is 0.494 e. The number of anilines is 1. The maximum absolute atomic E-state index is 12.2. The Morgan fingerprint density at radius 2 is 2.23 bits per heavy atom. The number of methoxy groups -OCH3 is 1. The smallest absolute Gasteiger partial charge is 0.238 e. The van der Waals surface area contributed by atoms with Crippen molar-refractivity contribution >= 4 is 11.6 Å². The third-order valence-electron chi connectivity index (χ3n) is 3.82. The van der Waals surface area contributed by atoms with Crippen LogP contribution in [0, 0.1) is 0 Å². The second kappa shape index (κ2) is 6.41. The van der Waals surface area contributed by atoms with Crippen LogP contribution in [0.1, 0.15) is 12.8 Å². The van der Waals surface area contributed by atoms with Crippen LogP contribution in [-0.2, 0) is 4.79 Å². The van der Waals surface area contributed by atoms with Crippen LogP contribution >= 0.6 is 0 Å². The number of fused-ring (bicyclic) bond motifs is 1. The van der Waals surface area contributed by atoms with Crippen LogP contribution in [0.4, 0.5) is 5.69 Å². The van der Waals surface area contributed by atoms with E-state index in [0.717, 1.165) is 19.4 Å². The molecule has 1 atom stereocenters. The van der Waals surface area contributed by atoms with Crippen LogP contribution in [0.5, 0.6) is 17.2 Å². The molecule has 2 aliphatic heterocycles. The molecule has 1 amide bonds. The van der Waals surface area contributed by atoms with Crippen molar-refractivity contribution in [1.82, 2.24) is 4.90 Å². The third kappa shape index (κ3) is 3.26. The number of carbonyl (C=O) groups is 1. The molecule has 0 bridgehead atoms. The number of aliphatic hydroxyl groups is 1. The molecule has 1 aromatic rings. The summed E-state index contributed by atoms with van der Waals surface area (Å²) in [5.41, 5.74) is 0.550. The predicted octanol–water partition coefficient (Wildman–Crippen LogP) is 0.819. The highest BCUT2D eigenvalue weighted by atomic mass is 16.7. The summed E-state index contributed by atoms with van der Waals surface area (Å²) in [5.74, 6) is 1.57. The first kappa shape index (κ1) is 14.9. The molecule has 3 rings (SSSR count). The average molecular weight is 308 g/mol. The van der Waals surface area contributed by atoms with Gasteiger partial charge >= 0.3 is 0 Å². The van der Waals surface area contributed by atoms with Gasteiger partial charge in [0, 0.05) is 18.7 Å². The second-order valence-corrected chi connectivity index (χ2v) is 5.49. The summed E-state index contributed by atoms with van der Waals surface area (Å²) in [6, 6.07) is 3.40. The lowest BCUT2D eigenvalue weighted by molar-refractivity contribution is -0.118. The van der Waals surface area contributed by atoms with E-state index in [2.05, 4.69) is 5.32 Å². The Morgan fingerprint density at radius 1 is 1.45 bits per heavy atom. The lowest BCUT2D eigenvalue weighted by atomic mass is 10.1. The number of β-amino-alcohol motifs (C(OH)–C–C–N with tert-alkyl or cyclic N) is 1. The van der Waals surface area contributed by atoms with Crippen molar-refractivity contribution in [2.45, 2.75) is 18.9 Å². The number of piperidine rings is 1. The Hall–Kier alpha value is -1.99. The number of carbonyl (C=O) groups excluding carboxylic acids is 1.